The van der Waals surface area contributed by atoms with Crippen LogP contribution in [0.3, 0.4) is 0 Å². The molecule has 0 amide bonds. The molecular formula is C14H18F4N2S. The molecule has 2 N–H and O–H groups in total. The van der Waals surface area contributed by atoms with Gasteiger partial charge in [0.2, 0.25) is 0 Å². The normalized spacial score (nSPS) is 22.3. The molecule has 21 heavy (non-hydrogen) atoms. The van der Waals surface area contributed by atoms with Gasteiger partial charge >= 0.3 is 6.18 Å². The molecule has 2 atom stereocenters. The van der Waals surface area contributed by atoms with Gasteiger partial charge in [0, 0.05) is 36.7 Å². The molecule has 0 spiro atoms. The number of thioether (sulfide) groups is 1. The Morgan fingerprint density at radius 3 is 2.71 bits per heavy atom. The number of alkyl halides is 3. The average Bonchev–Trinajstić information content (AvgIpc) is 2.40. The van der Waals surface area contributed by atoms with Gasteiger partial charge in [0.1, 0.15) is 5.82 Å². The first kappa shape index (κ1) is 16.6. The molecule has 1 aliphatic rings. The lowest BCUT2D eigenvalue weighted by Crippen LogP contribution is -2.42. The molecule has 1 fully saturated rings. The second-order valence-electron chi connectivity index (χ2n) is 5.16. The van der Waals surface area contributed by atoms with E-state index < -0.39 is 23.6 Å². The third-order valence-corrected chi connectivity index (χ3v) is 4.75. The molecule has 1 saturated heterocycles. The van der Waals surface area contributed by atoms with E-state index in [4.69, 9.17) is 5.73 Å². The van der Waals surface area contributed by atoms with Crippen molar-refractivity contribution in [2.45, 2.75) is 24.4 Å². The second kappa shape index (κ2) is 6.54. The van der Waals surface area contributed by atoms with E-state index in [9.17, 15) is 17.6 Å². The van der Waals surface area contributed by atoms with Crippen molar-refractivity contribution in [1.82, 2.24) is 4.90 Å². The quantitative estimate of drug-likeness (QED) is 0.866. The largest absolute Gasteiger partial charge is 0.416 e. The summed E-state index contributed by atoms with van der Waals surface area (Å²) < 4.78 is 52.6. The van der Waals surface area contributed by atoms with Gasteiger partial charge in [-0.3, -0.25) is 4.90 Å². The van der Waals surface area contributed by atoms with Crippen LogP contribution >= 0.6 is 11.8 Å². The first-order valence-electron chi connectivity index (χ1n) is 6.75. The molecule has 2 unspecified atom stereocenters. The van der Waals surface area contributed by atoms with Crippen LogP contribution in [0.4, 0.5) is 17.6 Å². The summed E-state index contributed by atoms with van der Waals surface area (Å²) in [6.45, 7) is 3.48. The van der Waals surface area contributed by atoms with Crippen molar-refractivity contribution in [3.8, 4) is 0 Å². The highest BCUT2D eigenvalue weighted by atomic mass is 32.2. The minimum atomic E-state index is -4.58. The van der Waals surface area contributed by atoms with E-state index in [0.29, 0.717) is 24.4 Å². The van der Waals surface area contributed by atoms with Gasteiger partial charge in [-0.2, -0.15) is 24.9 Å². The fourth-order valence-electron chi connectivity index (χ4n) is 2.67. The Labute approximate surface area is 125 Å². The molecule has 2 nitrogen and oxygen atoms in total. The van der Waals surface area contributed by atoms with E-state index in [1.54, 1.807) is 11.8 Å². The van der Waals surface area contributed by atoms with Crippen molar-refractivity contribution in [3.63, 3.8) is 0 Å². The summed E-state index contributed by atoms with van der Waals surface area (Å²) in [4.78, 5) is 1.96. The molecule has 118 valence electrons. The molecule has 2 rings (SSSR count). The Kier molecular flexibility index (Phi) is 5.16. The van der Waals surface area contributed by atoms with Gasteiger partial charge in [-0.1, -0.05) is 13.0 Å². The zero-order valence-corrected chi connectivity index (χ0v) is 12.5. The van der Waals surface area contributed by atoms with Gasteiger partial charge in [-0.05, 0) is 17.7 Å². The maximum Gasteiger partial charge on any atom is 0.416 e. The zero-order chi connectivity index (χ0) is 15.6. The van der Waals surface area contributed by atoms with Crippen LogP contribution in [0.15, 0.2) is 18.2 Å². The maximum absolute atomic E-state index is 13.2. The first-order chi connectivity index (χ1) is 9.82. The zero-order valence-electron chi connectivity index (χ0n) is 11.7. The molecule has 1 aliphatic heterocycles. The predicted octanol–water partition coefficient (Wildman–Crippen LogP) is 3.28. The predicted molar refractivity (Wildman–Crippen MR) is 76.7 cm³/mol. The molecule has 0 aromatic heterocycles. The molecule has 1 aromatic rings. The van der Waals surface area contributed by atoms with Gasteiger partial charge in [-0.25, -0.2) is 4.39 Å². The Morgan fingerprint density at radius 2 is 2.14 bits per heavy atom. The van der Waals surface area contributed by atoms with Gasteiger partial charge < -0.3 is 5.73 Å². The van der Waals surface area contributed by atoms with Crippen LogP contribution in [0.25, 0.3) is 0 Å². The lowest BCUT2D eigenvalue weighted by atomic mass is 9.98. The van der Waals surface area contributed by atoms with E-state index >= 15 is 0 Å². The number of rotatable bonds is 3. The van der Waals surface area contributed by atoms with Crippen molar-refractivity contribution in [2.75, 3.05) is 25.4 Å². The molecule has 0 aliphatic carbocycles. The van der Waals surface area contributed by atoms with Crippen LogP contribution in [-0.4, -0.2) is 35.5 Å². The molecule has 0 saturated carbocycles. The number of benzene rings is 1. The van der Waals surface area contributed by atoms with Gasteiger partial charge in [0.05, 0.1) is 5.56 Å². The van der Waals surface area contributed by atoms with Gasteiger partial charge in [0.25, 0.3) is 0 Å². The first-order valence-corrected chi connectivity index (χ1v) is 7.80. The van der Waals surface area contributed by atoms with Gasteiger partial charge in [0.15, 0.2) is 0 Å². The summed E-state index contributed by atoms with van der Waals surface area (Å²) in [6.07, 6.45) is -4.58. The number of halogens is 4. The van der Waals surface area contributed by atoms with Crippen molar-refractivity contribution in [3.05, 3.63) is 35.1 Å². The minimum absolute atomic E-state index is 0.0606. The van der Waals surface area contributed by atoms with Crippen LogP contribution in [-0.2, 0) is 6.18 Å². The smallest absolute Gasteiger partial charge is 0.329 e. The topological polar surface area (TPSA) is 29.3 Å². The van der Waals surface area contributed by atoms with Crippen LogP contribution < -0.4 is 5.73 Å². The standard InChI is InChI=1S/C14H18F4N2S/c1-9-8-20(4-5-21-9)13(7-19)11-3-2-10(15)6-12(11)14(16,17)18/h2-3,6,9,13H,4-5,7-8,19H2,1H3. The third-order valence-electron chi connectivity index (χ3n) is 3.62. The fourth-order valence-corrected chi connectivity index (χ4v) is 3.70. The summed E-state index contributed by atoms with van der Waals surface area (Å²) in [5.41, 5.74) is 4.86. The van der Waals surface area contributed by atoms with Gasteiger partial charge in [-0.15, -0.1) is 0 Å². The molecule has 7 heteroatoms. The van der Waals surface area contributed by atoms with Crippen molar-refractivity contribution >= 4 is 11.8 Å². The number of nitrogens with two attached hydrogens (primary N) is 1. The van der Waals surface area contributed by atoms with E-state index in [0.717, 1.165) is 11.8 Å². The van der Waals surface area contributed by atoms with Crippen LogP contribution in [0.1, 0.15) is 24.1 Å². The van der Waals surface area contributed by atoms with E-state index in [1.165, 1.54) is 6.07 Å². The summed E-state index contributed by atoms with van der Waals surface area (Å²) in [6, 6.07) is 2.29. The van der Waals surface area contributed by atoms with E-state index in [1.807, 2.05) is 11.8 Å². The molecule has 1 aromatic carbocycles. The highest BCUT2D eigenvalue weighted by Crippen LogP contribution is 2.37. The Morgan fingerprint density at radius 1 is 1.43 bits per heavy atom. The SMILES string of the molecule is CC1CN(C(CN)c2ccc(F)cc2C(F)(F)F)CCS1. The highest BCUT2D eigenvalue weighted by Gasteiger charge is 2.37. The van der Waals surface area contributed by atoms with E-state index in [-0.39, 0.29) is 12.1 Å². The number of nitrogens with zero attached hydrogens (tertiary/aromatic N) is 1. The Hall–Kier alpha value is -0.790. The Balaban J connectivity index is 2.38. The molecule has 1 heterocycles. The van der Waals surface area contributed by atoms with Crippen molar-refractivity contribution < 1.29 is 17.6 Å². The maximum atomic E-state index is 13.2. The summed E-state index contributed by atoms with van der Waals surface area (Å²) in [5, 5.41) is 0.350. The molecular weight excluding hydrogens is 304 g/mol. The van der Waals surface area contributed by atoms with Crippen LogP contribution in [0, 0.1) is 5.82 Å². The average molecular weight is 322 g/mol. The van der Waals surface area contributed by atoms with Crippen molar-refractivity contribution in [2.24, 2.45) is 5.73 Å². The highest BCUT2D eigenvalue weighted by molar-refractivity contribution is 7.99. The number of hydrogen-bond acceptors (Lipinski definition) is 3. The van der Waals surface area contributed by atoms with Crippen LogP contribution in [0.5, 0.6) is 0 Å². The number of hydrogen-bond donors (Lipinski definition) is 1. The minimum Gasteiger partial charge on any atom is -0.329 e. The van der Waals surface area contributed by atoms with Crippen LogP contribution in [0.2, 0.25) is 0 Å². The van der Waals surface area contributed by atoms with Crippen molar-refractivity contribution in [1.29, 1.82) is 0 Å². The second-order valence-corrected chi connectivity index (χ2v) is 6.70. The summed E-state index contributed by atoms with van der Waals surface area (Å²) >= 11 is 1.79. The lowest BCUT2D eigenvalue weighted by molar-refractivity contribution is -0.139. The summed E-state index contributed by atoms with van der Waals surface area (Å²) in [5.74, 6) is -0.0235. The Bertz CT molecular complexity index is 492. The monoisotopic (exact) mass is 322 g/mol. The lowest BCUT2D eigenvalue weighted by Gasteiger charge is -2.37. The third kappa shape index (κ3) is 3.90. The molecule has 0 radical (unpaired) electrons. The fraction of sp³-hybridized carbons (Fsp3) is 0.571. The molecule has 0 bridgehead atoms. The summed E-state index contributed by atoms with van der Waals surface area (Å²) in [7, 11) is 0. The van der Waals surface area contributed by atoms with E-state index in [2.05, 4.69) is 0 Å².